The van der Waals surface area contributed by atoms with E-state index < -0.39 is 17.8 Å². The van der Waals surface area contributed by atoms with E-state index in [1.165, 1.54) is 18.2 Å². The average molecular weight is 548 g/mol. The topological polar surface area (TPSA) is 70.2 Å². The summed E-state index contributed by atoms with van der Waals surface area (Å²) in [6.45, 7) is 10.1. The highest BCUT2D eigenvalue weighted by molar-refractivity contribution is 5.90. The number of benzene rings is 3. The Morgan fingerprint density at radius 1 is 0.900 bits per heavy atom. The van der Waals surface area contributed by atoms with Crippen molar-refractivity contribution in [1.29, 1.82) is 0 Å². The second-order valence-corrected chi connectivity index (χ2v) is 12.2. The number of amides is 2. The number of carbonyl (C=O) groups excluding carboxylic acids is 2. The van der Waals surface area contributed by atoms with Gasteiger partial charge in [0.2, 0.25) is 11.8 Å². The van der Waals surface area contributed by atoms with Crippen LogP contribution < -0.4 is 16.0 Å². The van der Waals surface area contributed by atoms with Crippen molar-refractivity contribution < 1.29 is 18.4 Å². The van der Waals surface area contributed by atoms with Gasteiger partial charge in [-0.15, -0.1) is 0 Å². The van der Waals surface area contributed by atoms with Crippen molar-refractivity contribution in [2.75, 3.05) is 0 Å². The second-order valence-electron chi connectivity index (χ2n) is 12.2. The summed E-state index contributed by atoms with van der Waals surface area (Å²) in [7, 11) is 0. The van der Waals surface area contributed by atoms with Crippen molar-refractivity contribution in [3.8, 4) is 11.1 Å². The van der Waals surface area contributed by atoms with Crippen molar-refractivity contribution in [1.82, 2.24) is 16.0 Å². The minimum atomic E-state index is -0.880. The molecule has 40 heavy (non-hydrogen) atoms. The average Bonchev–Trinajstić information content (AvgIpc) is 2.87. The predicted octanol–water partition coefficient (Wildman–Crippen LogP) is 5.89. The number of nitrogens with one attached hydrogen (secondary N) is 3. The zero-order valence-corrected chi connectivity index (χ0v) is 23.9. The molecule has 0 spiro atoms. The molecule has 1 aliphatic rings. The Hall–Kier alpha value is -3.58. The zero-order valence-electron chi connectivity index (χ0n) is 23.9. The van der Waals surface area contributed by atoms with Crippen molar-refractivity contribution >= 4 is 11.8 Å². The van der Waals surface area contributed by atoms with Crippen LogP contribution in [0.1, 0.15) is 64.5 Å². The summed E-state index contributed by atoms with van der Waals surface area (Å²) in [5.41, 5.74) is 2.11. The molecular weight excluding hydrogens is 508 g/mol. The number of halogens is 2. The SMILES string of the molecule is C[C@@H](C(=O)N[C@@H](Cc1ccc(F)cc1)C(=O)NC1CC(C)(C)NC(C)(C)C1)c1ccc(-c2ccccc2)c(F)c1. The summed E-state index contributed by atoms with van der Waals surface area (Å²) in [6.07, 6.45) is 1.68. The maximum absolute atomic E-state index is 15.0. The van der Waals surface area contributed by atoms with Gasteiger partial charge in [-0.1, -0.05) is 54.6 Å². The lowest BCUT2D eigenvalue weighted by atomic mass is 9.79. The summed E-state index contributed by atoms with van der Waals surface area (Å²) < 4.78 is 28.5. The quantitative estimate of drug-likeness (QED) is 0.330. The van der Waals surface area contributed by atoms with Gasteiger partial charge in [-0.25, -0.2) is 8.78 Å². The molecule has 2 atom stereocenters. The highest BCUT2D eigenvalue weighted by atomic mass is 19.1. The number of rotatable bonds is 8. The van der Waals surface area contributed by atoms with Crippen LogP contribution in [0.2, 0.25) is 0 Å². The molecule has 1 fully saturated rings. The van der Waals surface area contributed by atoms with Gasteiger partial charge in [0.05, 0.1) is 5.92 Å². The van der Waals surface area contributed by atoms with Crippen LogP contribution in [0, 0.1) is 11.6 Å². The fourth-order valence-corrected chi connectivity index (χ4v) is 5.89. The van der Waals surface area contributed by atoms with Gasteiger partial charge in [0, 0.05) is 29.1 Å². The van der Waals surface area contributed by atoms with Crippen LogP contribution in [0.15, 0.2) is 72.8 Å². The van der Waals surface area contributed by atoms with Crippen molar-refractivity contribution in [2.45, 2.75) is 83.0 Å². The van der Waals surface area contributed by atoms with Crippen molar-refractivity contribution in [2.24, 2.45) is 0 Å². The Bertz CT molecular complexity index is 1320. The van der Waals surface area contributed by atoms with Gasteiger partial charge in [-0.3, -0.25) is 9.59 Å². The summed E-state index contributed by atoms with van der Waals surface area (Å²) in [4.78, 5) is 27.0. The van der Waals surface area contributed by atoms with E-state index in [-0.39, 0.29) is 41.2 Å². The molecule has 0 aliphatic carbocycles. The van der Waals surface area contributed by atoms with E-state index in [9.17, 15) is 14.0 Å². The molecule has 0 radical (unpaired) electrons. The first-order valence-electron chi connectivity index (χ1n) is 13.8. The van der Waals surface area contributed by atoms with E-state index >= 15 is 4.39 Å². The molecule has 0 unspecified atom stereocenters. The number of hydrogen-bond donors (Lipinski definition) is 3. The lowest BCUT2D eigenvalue weighted by molar-refractivity contribution is -0.130. The number of piperidine rings is 1. The minimum absolute atomic E-state index is 0.0802. The first kappa shape index (κ1) is 29.4. The molecule has 1 aliphatic heterocycles. The molecule has 7 heteroatoms. The summed E-state index contributed by atoms with van der Waals surface area (Å²) in [5, 5.41) is 9.65. The third-order valence-electron chi connectivity index (χ3n) is 7.49. The van der Waals surface area contributed by atoms with Gasteiger partial charge in [-0.2, -0.15) is 0 Å². The van der Waals surface area contributed by atoms with Crippen molar-refractivity contribution in [3.63, 3.8) is 0 Å². The largest absolute Gasteiger partial charge is 0.351 e. The van der Waals surface area contributed by atoms with E-state index in [2.05, 4.69) is 43.6 Å². The van der Waals surface area contributed by atoms with Gasteiger partial charge in [-0.05, 0) is 82.3 Å². The number of carbonyl (C=O) groups is 2. The molecule has 3 aromatic rings. The van der Waals surface area contributed by atoms with Crippen LogP contribution in [0.25, 0.3) is 11.1 Å². The molecule has 2 amide bonds. The lowest BCUT2D eigenvalue weighted by Crippen LogP contribution is -2.63. The van der Waals surface area contributed by atoms with E-state index in [1.54, 1.807) is 31.2 Å². The zero-order chi connectivity index (χ0) is 29.1. The standard InChI is InChI=1S/C33H39F2N3O2/c1-21(24-13-16-27(28(35)18-24)23-9-7-6-8-10-23)30(39)37-29(17-22-11-14-25(34)15-12-22)31(40)36-26-19-32(2,3)38-33(4,5)20-26/h6-16,18,21,26,29,38H,17,19-20H2,1-5H3,(H,36,40)(H,37,39)/t21-,29+/m1/s1. The van der Waals surface area contributed by atoms with Crippen LogP contribution in [-0.4, -0.2) is 35.0 Å². The minimum Gasteiger partial charge on any atom is -0.351 e. The van der Waals surface area contributed by atoms with Gasteiger partial charge < -0.3 is 16.0 Å². The summed E-state index contributed by atoms with van der Waals surface area (Å²) in [6, 6.07) is 18.9. The van der Waals surface area contributed by atoms with Gasteiger partial charge in [0.1, 0.15) is 17.7 Å². The smallest absolute Gasteiger partial charge is 0.243 e. The summed E-state index contributed by atoms with van der Waals surface area (Å²) in [5.74, 6) is -2.17. The molecule has 0 saturated carbocycles. The van der Waals surface area contributed by atoms with Crippen LogP contribution in [0.4, 0.5) is 8.78 Å². The molecule has 4 rings (SSSR count). The normalized spacial score (nSPS) is 18.0. The monoisotopic (exact) mass is 547 g/mol. The highest BCUT2D eigenvalue weighted by Gasteiger charge is 2.39. The molecule has 5 nitrogen and oxygen atoms in total. The van der Waals surface area contributed by atoms with Gasteiger partial charge in [0.25, 0.3) is 0 Å². The third kappa shape index (κ3) is 7.54. The molecule has 0 bridgehead atoms. The van der Waals surface area contributed by atoms with Gasteiger partial charge >= 0.3 is 0 Å². The molecule has 3 aromatic carbocycles. The second kappa shape index (κ2) is 11.9. The van der Waals surface area contributed by atoms with Crippen LogP contribution in [0.5, 0.6) is 0 Å². The van der Waals surface area contributed by atoms with Crippen molar-refractivity contribution in [3.05, 3.63) is 95.6 Å². The van der Waals surface area contributed by atoms with Crippen LogP contribution >= 0.6 is 0 Å². The maximum Gasteiger partial charge on any atom is 0.243 e. The first-order chi connectivity index (χ1) is 18.8. The fraction of sp³-hybridized carbons (Fsp3) is 0.394. The van der Waals surface area contributed by atoms with Gasteiger partial charge in [0.15, 0.2) is 0 Å². The molecule has 212 valence electrons. The number of hydrogen-bond acceptors (Lipinski definition) is 3. The van der Waals surface area contributed by atoms with Crippen LogP contribution in [0.3, 0.4) is 0 Å². The molecular formula is C33H39F2N3O2. The Labute approximate surface area is 235 Å². The molecule has 1 saturated heterocycles. The maximum atomic E-state index is 15.0. The lowest BCUT2D eigenvalue weighted by Gasteiger charge is -2.46. The Morgan fingerprint density at radius 2 is 1.52 bits per heavy atom. The Kier molecular flexibility index (Phi) is 8.74. The van der Waals surface area contributed by atoms with E-state index in [4.69, 9.17) is 0 Å². The first-order valence-corrected chi connectivity index (χ1v) is 13.8. The van der Waals surface area contributed by atoms with Crippen LogP contribution in [-0.2, 0) is 16.0 Å². The molecule has 3 N–H and O–H groups in total. The van der Waals surface area contributed by atoms with E-state index in [0.29, 0.717) is 11.1 Å². The van der Waals surface area contributed by atoms with E-state index in [0.717, 1.165) is 24.0 Å². The Morgan fingerprint density at radius 3 is 2.12 bits per heavy atom. The Balaban J connectivity index is 1.51. The third-order valence-corrected chi connectivity index (χ3v) is 7.49. The molecule has 1 heterocycles. The van der Waals surface area contributed by atoms with E-state index in [1.807, 2.05) is 30.3 Å². The summed E-state index contributed by atoms with van der Waals surface area (Å²) >= 11 is 0. The molecule has 0 aromatic heterocycles. The fourth-order valence-electron chi connectivity index (χ4n) is 5.89. The highest BCUT2D eigenvalue weighted by Crippen LogP contribution is 2.29. The predicted molar refractivity (Wildman–Crippen MR) is 155 cm³/mol.